The molecule has 1 N–H and O–H groups in total. The summed E-state index contributed by atoms with van der Waals surface area (Å²) >= 11 is 0. The summed E-state index contributed by atoms with van der Waals surface area (Å²) in [5.74, 6) is 1.69. The van der Waals surface area contributed by atoms with Crippen molar-refractivity contribution in [3.8, 4) is 29.0 Å². The van der Waals surface area contributed by atoms with E-state index < -0.39 is 6.09 Å². The van der Waals surface area contributed by atoms with Crippen LogP contribution in [-0.2, 0) is 4.74 Å². The van der Waals surface area contributed by atoms with Gasteiger partial charge < -0.3 is 14.0 Å². The van der Waals surface area contributed by atoms with Gasteiger partial charge >= 0.3 is 6.09 Å². The van der Waals surface area contributed by atoms with E-state index in [4.69, 9.17) is 9.47 Å². The minimum atomic E-state index is -0.436. The molecule has 1 unspecified atom stereocenters. The Bertz CT molecular complexity index is 1480. The third kappa shape index (κ3) is 4.63. The van der Waals surface area contributed by atoms with Crippen LogP contribution >= 0.6 is 0 Å². The van der Waals surface area contributed by atoms with Crippen LogP contribution in [0.25, 0.3) is 22.2 Å². The first-order valence-electron chi connectivity index (χ1n) is 12.9. The molecular weight excluding hydrogens is 464 g/mol. The minimum absolute atomic E-state index is 0.0674. The van der Waals surface area contributed by atoms with E-state index in [1.807, 2.05) is 67.6 Å². The molecule has 0 spiro atoms. The fourth-order valence-corrected chi connectivity index (χ4v) is 4.99. The first-order chi connectivity index (χ1) is 18.1. The van der Waals surface area contributed by atoms with Gasteiger partial charge in [-0.1, -0.05) is 18.2 Å². The predicted octanol–water partition coefficient (Wildman–Crippen LogP) is 7.44. The number of nitriles is 1. The number of fused-ring (bicyclic) bond motifs is 1. The molecular formula is C30H28N4O3. The molecule has 0 aliphatic heterocycles. The van der Waals surface area contributed by atoms with Crippen molar-refractivity contribution >= 4 is 22.7 Å². The van der Waals surface area contributed by atoms with Crippen molar-refractivity contribution in [2.75, 3.05) is 5.32 Å². The van der Waals surface area contributed by atoms with Crippen LogP contribution in [0.15, 0.2) is 66.9 Å². The quantitative estimate of drug-likeness (QED) is 0.290. The van der Waals surface area contributed by atoms with Crippen LogP contribution in [0, 0.1) is 17.2 Å². The van der Waals surface area contributed by atoms with E-state index in [0.29, 0.717) is 34.8 Å². The lowest BCUT2D eigenvalue weighted by atomic mass is 9.92. The lowest BCUT2D eigenvalue weighted by Crippen LogP contribution is -2.21. The molecule has 0 radical (unpaired) electrons. The van der Waals surface area contributed by atoms with Gasteiger partial charge in [0.15, 0.2) is 0 Å². The number of aromatic nitrogens is 2. The zero-order chi connectivity index (χ0) is 25.4. The molecule has 2 saturated carbocycles. The Morgan fingerprint density at radius 2 is 1.92 bits per heavy atom. The van der Waals surface area contributed by atoms with Crippen molar-refractivity contribution in [2.45, 2.75) is 51.2 Å². The van der Waals surface area contributed by atoms with Crippen LogP contribution in [-0.4, -0.2) is 21.7 Å². The van der Waals surface area contributed by atoms with E-state index >= 15 is 0 Å². The van der Waals surface area contributed by atoms with Gasteiger partial charge in [0.05, 0.1) is 16.8 Å². The molecule has 2 fully saturated rings. The Morgan fingerprint density at radius 3 is 2.57 bits per heavy atom. The molecule has 0 bridgehead atoms. The van der Waals surface area contributed by atoms with Crippen molar-refractivity contribution < 1.29 is 14.3 Å². The lowest BCUT2D eigenvalue weighted by Gasteiger charge is -2.30. The van der Waals surface area contributed by atoms with E-state index in [2.05, 4.69) is 20.9 Å². The zero-order valence-corrected chi connectivity index (χ0v) is 20.7. The molecule has 186 valence electrons. The highest BCUT2D eigenvalue weighted by Crippen LogP contribution is 2.43. The fraction of sp³-hybridized carbons (Fsp3) is 0.300. The maximum absolute atomic E-state index is 12.3. The standard InChI is InChI=1S/C30H28N4O3/c1-19(20-8-9-20)36-30(35)33-22-12-10-21(11-13-22)29-26(18-31)25-15-14-24(37-28-7-2-3-16-32-28)17-27(25)34(29)23-5-4-6-23/h2-3,7,10-17,19-20,23H,4-6,8-9H2,1H3,(H,33,35). The lowest BCUT2D eigenvalue weighted by molar-refractivity contribution is 0.108. The zero-order valence-electron chi connectivity index (χ0n) is 20.7. The molecule has 1 amide bonds. The van der Waals surface area contributed by atoms with Crippen molar-refractivity contribution in [1.82, 2.24) is 9.55 Å². The summed E-state index contributed by atoms with van der Waals surface area (Å²) in [7, 11) is 0. The van der Waals surface area contributed by atoms with E-state index in [1.165, 1.54) is 6.42 Å². The first-order valence-corrected chi connectivity index (χ1v) is 12.9. The van der Waals surface area contributed by atoms with Gasteiger partial charge in [-0.2, -0.15) is 5.26 Å². The number of pyridine rings is 1. The van der Waals surface area contributed by atoms with Crippen LogP contribution in [0.3, 0.4) is 0 Å². The number of benzene rings is 2. The highest BCUT2D eigenvalue weighted by molar-refractivity contribution is 5.96. The maximum Gasteiger partial charge on any atom is 0.411 e. The summed E-state index contributed by atoms with van der Waals surface area (Å²) in [6.07, 6.45) is 6.74. The van der Waals surface area contributed by atoms with E-state index in [0.717, 1.165) is 47.8 Å². The second kappa shape index (κ2) is 9.62. The summed E-state index contributed by atoms with van der Waals surface area (Å²) in [5.41, 5.74) is 4.10. The number of carbonyl (C=O) groups is 1. The Kier molecular flexibility index (Phi) is 6.01. The third-order valence-electron chi connectivity index (χ3n) is 7.37. The number of hydrogen-bond acceptors (Lipinski definition) is 5. The summed E-state index contributed by atoms with van der Waals surface area (Å²) in [5, 5.41) is 13.9. The Balaban J connectivity index is 1.33. The number of nitrogens with zero attached hydrogens (tertiary/aromatic N) is 3. The van der Waals surface area contributed by atoms with E-state index in [-0.39, 0.29) is 6.10 Å². The molecule has 7 heteroatoms. The average molecular weight is 493 g/mol. The number of amides is 1. The molecule has 6 rings (SSSR count). The van der Waals surface area contributed by atoms with Crippen molar-refractivity contribution in [2.24, 2.45) is 5.92 Å². The Hall–Kier alpha value is -4.31. The number of hydrogen-bond donors (Lipinski definition) is 1. The molecule has 2 heterocycles. The molecule has 0 saturated heterocycles. The van der Waals surface area contributed by atoms with Gasteiger partial charge in [0.2, 0.25) is 5.88 Å². The predicted molar refractivity (Wildman–Crippen MR) is 142 cm³/mol. The van der Waals surface area contributed by atoms with E-state index in [1.54, 1.807) is 6.20 Å². The molecule has 2 aromatic heterocycles. The first kappa shape index (κ1) is 23.1. The van der Waals surface area contributed by atoms with Crippen molar-refractivity contribution in [3.63, 3.8) is 0 Å². The van der Waals surface area contributed by atoms with Crippen LogP contribution in [0.4, 0.5) is 10.5 Å². The number of ether oxygens (including phenoxy) is 2. The van der Waals surface area contributed by atoms with Crippen molar-refractivity contribution in [1.29, 1.82) is 5.26 Å². The summed E-state index contributed by atoms with van der Waals surface area (Å²) in [6.45, 7) is 1.94. The topological polar surface area (TPSA) is 89.2 Å². The van der Waals surface area contributed by atoms with Gasteiger partial charge in [-0.05, 0) is 80.8 Å². The Morgan fingerprint density at radius 1 is 1.11 bits per heavy atom. The molecule has 2 aromatic carbocycles. The third-order valence-corrected chi connectivity index (χ3v) is 7.37. The fourth-order valence-electron chi connectivity index (χ4n) is 4.99. The molecule has 7 nitrogen and oxygen atoms in total. The van der Waals surface area contributed by atoms with Gasteiger partial charge in [-0.3, -0.25) is 5.32 Å². The van der Waals surface area contributed by atoms with Crippen LogP contribution < -0.4 is 10.1 Å². The number of anilines is 1. The Labute approximate surface area is 215 Å². The SMILES string of the molecule is CC(OC(=O)Nc1ccc(-c2c(C#N)c3ccc(Oc4ccccn4)cc3n2C2CCC2)cc1)C1CC1. The van der Waals surface area contributed by atoms with Crippen LogP contribution in [0.1, 0.15) is 50.6 Å². The average Bonchev–Trinajstić information content (AvgIpc) is 3.68. The van der Waals surface area contributed by atoms with Gasteiger partial charge in [0, 0.05) is 35.4 Å². The number of rotatable bonds is 7. The highest BCUT2D eigenvalue weighted by Gasteiger charge is 2.31. The van der Waals surface area contributed by atoms with E-state index in [9.17, 15) is 10.1 Å². The van der Waals surface area contributed by atoms with Gasteiger partial charge in [-0.25, -0.2) is 9.78 Å². The van der Waals surface area contributed by atoms with Crippen molar-refractivity contribution in [3.05, 3.63) is 72.4 Å². The second-order valence-electron chi connectivity index (χ2n) is 9.89. The van der Waals surface area contributed by atoms with Gasteiger partial charge in [0.25, 0.3) is 0 Å². The number of nitrogens with one attached hydrogen (secondary N) is 1. The van der Waals surface area contributed by atoms with Gasteiger partial charge in [0.1, 0.15) is 17.9 Å². The normalized spacial score (nSPS) is 16.0. The number of carbonyl (C=O) groups excluding carboxylic acids is 1. The molecule has 2 aliphatic rings. The minimum Gasteiger partial charge on any atom is -0.446 e. The summed E-state index contributed by atoms with van der Waals surface area (Å²) in [4.78, 5) is 16.5. The molecule has 37 heavy (non-hydrogen) atoms. The van der Waals surface area contributed by atoms with Crippen LogP contribution in [0.2, 0.25) is 0 Å². The largest absolute Gasteiger partial charge is 0.446 e. The molecule has 4 aromatic rings. The summed E-state index contributed by atoms with van der Waals surface area (Å²) in [6, 6.07) is 21.8. The highest BCUT2D eigenvalue weighted by atomic mass is 16.6. The molecule has 1 atom stereocenters. The summed E-state index contributed by atoms with van der Waals surface area (Å²) < 4.78 is 13.8. The second-order valence-corrected chi connectivity index (χ2v) is 9.89. The van der Waals surface area contributed by atoms with Gasteiger partial charge in [-0.15, -0.1) is 0 Å². The smallest absolute Gasteiger partial charge is 0.411 e. The monoisotopic (exact) mass is 492 g/mol. The molecule has 2 aliphatic carbocycles. The van der Waals surface area contributed by atoms with Crippen LogP contribution in [0.5, 0.6) is 11.6 Å². The maximum atomic E-state index is 12.3.